The fourth-order valence-electron chi connectivity index (χ4n) is 2.53. The molecule has 1 aromatic carbocycles. The molecule has 1 heterocycles. The third-order valence-electron chi connectivity index (χ3n) is 3.36. The van der Waals surface area contributed by atoms with Crippen LogP contribution in [0.1, 0.15) is 34.0 Å². The summed E-state index contributed by atoms with van der Waals surface area (Å²) in [4.78, 5) is 22.1. The summed E-state index contributed by atoms with van der Waals surface area (Å²) in [5.41, 5.74) is 1.33. The molecule has 1 atom stereocenters. The van der Waals surface area contributed by atoms with Crippen molar-refractivity contribution in [2.45, 2.75) is 18.8 Å². The number of carboxylic acids is 2. The summed E-state index contributed by atoms with van der Waals surface area (Å²) in [6.07, 6.45) is 1.10. The van der Waals surface area contributed by atoms with E-state index >= 15 is 0 Å². The minimum atomic E-state index is -1.03. The van der Waals surface area contributed by atoms with Gasteiger partial charge in [0.15, 0.2) is 0 Å². The first-order valence-electron chi connectivity index (χ1n) is 5.59. The molecule has 1 aromatic heterocycles. The number of hydrogen-bond acceptors (Lipinski definition) is 3. The first-order chi connectivity index (χ1) is 8.58. The Balaban J connectivity index is 2.25. The van der Waals surface area contributed by atoms with Gasteiger partial charge < -0.3 is 14.6 Å². The van der Waals surface area contributed by atoms with Crippen molar-refractivity contribution in [1.82, 2.24) is 0 Å². The van der Waals surface area contributed by atoms with Gasteiger partial charge in [-0.1, -0.05) is 0 Å². The lowest BCUT2D eigenvalue weighted by molar-refractivity contribution is -0.138. The molecule has 0 saturated heterocycles. The minimum Gasteiger partial charge on any atom is -0.481 e. The second kappa shape index (κ2) is 3.60. The Hall–Kier alpha value is -2.30. The Morgan fingerprint density at radius 2 is 2.06 bits per heavy atom. The molecule has 0 radical (unpaired) electrons. The highest BCUT2D eigenvalue weighted by molar-refractivity contribution is 5.96. The van der Waals surface area contributed by atoms with Crippen molar-refractivity contribution >= 4 is 22.9 Å². The van der Waals surface area contributed by atoms with E-state index in [-0.39, 0.29) is 5.56 Å². The normalized spacial score (nSPS) is 17.9. The van der Waals surface area contributed by atoms with Crippen molar-refractivity contribution in [3.8, 4) is 0 Å². The third kappa shape index (κ3) is 1.40. The Morgan fingerprint density at radius 3 is 2.72 bits per heavy atom. The molecule has 92 valence electrons. The molecule has 5 heteroatoms. The van der Waals surface area contributed by atoms with Crippen LogP contribution in [0, 0.1) is 0 Å². The number of carboxylic acid groups (broad SMARTS) is 2. The first kappa shape index (κ1) is 10.8. The lowest BCUT2D eigenvalue weighted by Gasteiger charge is -2.03. The van der Waals surface area contributed by atoms with Crippen LogP contribution in [0.25, 0.3) is 11.0 Å². The fourth-order valence-corrected chi connectivity index (χ4v) is 2.53. The lowest BCUT2D eigenvalue weighted by atomic mass is 9.99. The molecule has 0 saturated carbocycles. The van der Waals surface area contributed by atoms with Gasteiger partial charge in [-0.2, -0.15) is 0 Å². The van der Waals surface area contributed by atoms with Crippen molar-refractivity contribution in [2.75, 3.05) is 0 Å². The Morgan fingerprint density at radius 1 is 1.28 bits per heavy atom. The van der Waals surface area contributed by atoms with E-state index in [1.165, 1.54) is 12.1 Å². The molecular weight excluding hydrogens is 236 g/mol. The predicted molar refractivity (Wildman–Crippen MR) is 61.9 cm³/mol. The molecule has 1 aliphatic carbocycles. The summed E-state index contributed by atoms with van der Waals surface area (Å²) in [5, 5.41) is 18.7. The van der Waals surface area contributed by atoms with Crippen molar-refractivity contribution in [3.05, 3.63) is 35.1 Å². The molecule has 2 aromatic rings. The van der Waals surface area contributed by atoms with Gasteiger partial charge in [0, 0.05) is 17.4 Å². The van der Waals surface area contributed by atoms with E-state index in [1.54, 1.807) is 6.07 Å². The van der Waals surface area contributed by atoms with Gasteiger partial charge >= 0.3 is 11.9 Å². The highest BCUT2D eigenvalue weighted by atomic mass is 16.4. The number of carbonyl (C=O) groups is 2. The number of hydrogen-bond donors (Lipinski definition) is 2. The maximum atomic E-state index is 11.2. The predicted octanol–water partition coefficient (Wildman–Crippen LogP) is 2.25. The maximum absolute atomic E-state index is 11.2. The summed E-state index contributed by atoms with van der Waals surface area (Å²) >= 11 is 0. The zero-order valence-corrected chi connectivity index (χ0v) is 9.34. The molecule has 0 amide bonds. The number of aromatic carboxylic acids is 1. The number of aryl methyl sites for hydroxylation is 1. The van der Waals surface area contributed by atoms with Crippen molar-refractivity contribution in [2.24, 2.45) is 0 Å². The number of fused-ring (bicyclic) bond motifs is 3. The largest absolute Gasteiger partial charge is 0.481 e. The quantitative estimate of drug-likeness (QED) is 0.848. The Labute approximate surface area is 102 Å². The van der Waals surface area contributed by atoms with E-state index in [9.17, 15) is 9.59 Å². The van der Waals surface area contributed by atoms with Gasteiger partial charge in [-0.3, -0.25) is 4.79 Å². The molecular formula is C13H10O5. The van der Waals surface area contributed by atoms with Crippen LogP contribution in [-0.2, 0) is 11.2 Å². The van der Waals surface area contributed by atoms with Gasteiger partial charge in [-0.05, 0) is 24.6 Å². The molecule has 2 N–H and O–H groups in total. The summed E-state index contributed by atoms with van der Waals surface area (Å²) in [7, 11) is 0. The molecule has 5 nitrogen and oxygen atoms in total. The van der Waals surface area contributed by atoms with Gasteiger partial charge in [0.25, 0.3) is 0 Å². The molecule has 3 rings (SSSR count). The minimum absolute atomic E-state index is 0.141. The summed E-state index contributed by atoms with van der Waals surface area (Å²) in [5.74, 6) is -1.85. The van der Waals surface area contributed by atoms with Crippen molar-refractivity contribution < 1.29 is 24.2 Å². The van der Waals surface area contributed by atoms with E-state index in [2.05, 4.69) is 0 Å². The first-order valence-corrected chi connectivity index (χ1v) is 5.59. The standard InChI is InChI=1S/C13H10O5/c14-12(15)6-1-3-9-8(5-6)11-7(13(16)17)2-4-10(11)18-9/h1,3,5,7H,2,4H2,(H,14,15)(H,16,17). The average molecular weight is 246 g/mol. The molecule has 18 heavy (non-hydrogen) atoms. The van der Waals surface area contributed by atoms with Crippen LogP contribution in [0.2, 0.25) is 0 Å². The smallest absolute Gasteiger partial charge is 0.335 e. The summed E-state index contributed by atoms with van der Waals surface area (Å²) in [6.45, 7) is 0. The summed E-state index contributed by atoms with van der Waals surface area (Å²) < 4.78 is 5.57. The van der Waals surface area contributed by atoms with Gasteiger partial charge in [0.1, 0.15) is 11.3 Å². The van der Waals surface area contributed by atoms with Gasteiger partial charge in [0.05, 0.1) is 11.5 Å². The number of aliphatic carboxylic acids is 1. The van der Waals surface area contributed by atoms with Crippen LogP contribution in [0.5, 0.6) is 0 Å². The van der Waals surface area contributed by atoms with Crippen LogP contribution in [0.15, 0.2) is 22.6 Å². The molecule has 0 bridgehead atoms. The average Bonchev–Trinajstić information content (AvgIpc) is 2.85. The number of benzene rings is 1. The molecule has 0 aliphatic heterocycles. The van der Waals surface area contributed by atoms with E-state index in [1.807, 2.05) is 0 Å². The van der Waals surface area contributed by atoms with E-state index < -0.39 is 17.9 Å². The fraction of sp³-hybridized carbons (Fsp3) is 0.231. The Kier molecular flexibility index (Phi) is 2.16. The van der Waals surface area contributed by atoms with Crippen molar-refractivity contribution in [1.29, 1.82) is 0 Å². The Bertz CT molecular complexity index is 667. The van der Waals surface area contributed by atoms with Gasteiger partial charge in [0.2, 0.25) is 0 Å². The van der Waals surface area contributed by atoms with Crippen LogP contribution in [0.3, 0.4) is 0 Å². The molecule has 1 aliphatic rings. The SMILES string of the molecule is O=C(O)c1ccc2oc3c(c2c1)C(C(=O)O)CC3. The van der Waals surface area contributed by atoms with Crippen LogP contribution in [-0.4, -0.2) is 22.2 Å². The van der Waals surface area contributed by atoms with Crippen LogP contribution in [0.4, 0.5) is 0 Å². The monoisotopic (exact) mass is 246 g/mol. The maximum Gasteiger partial charge on any atom is 0.335 e. The number of furan rings is 1. The van der Waals surface area contributed by atoms with Crippen molar-refractivity contribution in [3.63, 3.8) is 0 Å². The topological polar surface area (TPSA) is 87.7 Å². The van der Waals surface area contributed by atoms with Gasteiger partial charge in [-0.25, -0.2) is 4.79 Å². The zero-order chi connectivity index (χ0) is 12.9. The lowest BCUT2D eigenvalue weighted by Crippen LogP contribution is -2.07. The highest BCUT2D eigenvalue weighted by Crippen LogP contribution is 2.40. The second-order valence-electron chi connectivity index (χ2n) is 4.38. The van der Waals surface area contributed by atoms with Crippen LogP contribution >= 0.6 is 0 Å². The molecule has 0 spiro atoms. The van der Waals surface area contributed by atoms with E-state index in [4.69, 9.17) is 14.6 Å². The van der Waals surface area contributed by atoms with E-state index in [0.717, 1.165) is 0 Å². The highest BCUT2D eigenvalue weighted by Gasteiger charge is 2.33. The van der Waals surface area contributed by atoms with Gasteiger partial charge in [-0.15, -0.1) is 0 Å². The summed E-state index contributed by atoms with van der Waals surface area (Å²) in [6, 6.07) is 4.52. The zero-order valence-electron chi connectivity index (χ0n) is 9.34. The third-order valence-corrected chi connectivity index (χ3v) is 3.36. The molecule has 0 fully saturated rings. The van der Waals surface area contributed by atoms with Crippen LogP contribution < -0.4 is 0 Å². The number of rotatable bonds is 2. The molecule has 1 unspecified atom stereocenters. The second-order valence-corrected chi connectivity index (χ2v) is 4.38. The van der Waals surface area contributed by atoms with E-state index in [0.29, 0.717) is 35.1 Å².